The van der Waals surface area contributed by atoms with Crippen LogP contribution in [0.1, 0.15) is 31.1 Å². The van der Waals surface area contributed by atoms with E-state index < -0.39 is 5.54 Å². The van der Waals surface area contributed by atoms with Crippen molar-refractivity contribution in [3.05, 3.63) is 21.3 Å². The molecule has 1 aromatic rings. The Hall–Kier alpha value is -0.580. The van der Waals surface area contributed by atoms with Gasteiger partial charge in [-0.25, -0.2) is 0 Å². The normalized spacial score (nSPS) is 17.6. The third-order valence-corrected chi connectivity index (χ3v) is 4.53. The molecule has 2 rings (SSSR count). The second-order valence-corrected chi connectivity index (χ2v) is 6.33. The summed E-state index contributed by atoms with van der Waals surface area (Å²) in [6.07, 6.45) is 2.69. The predicted octanol–water partition coefficient (Wildman–Crippen LogP) is 2.63. The molecule has 1 aliphatic rings. The first-order valence-electron chi connectivity index (χ1n) is 5.87. The van der Waals surface area contributed by atoms with Crippen LogP contribution in [0.25, 0.3) is 0 Å². The molecule has 2 N–H and O–H groups in total. The zero-order valence-corrected chi connectivity index (χ0v) is 11.5. The van der Waals surface area contributed by atoms with Crippen molar-refractivity contribution in [2.45, 2.75) is 38.3 Å². The molecule has 1 fully saturated rings. The maximum Gasteiger partial charge on any atom is 0.242 e. The van der Waals surface area contributed by atoms with Crippen LogP contribution in [0.3, 0.4) is 0 Å². The number of rotatable bonds is 4. The summed E-state index contributed by atoms with van der Waals surface area (Å²) < 4.78 is 0.759. The third kappa shape index (κ3) is 2.64. The van der Waals surface area contributed by atoms with Crippen LogP contribution in [0.15, 0.2) is 12.1 Å². The van der Waals surface area contributed by atoms with Crippen LogP contribution in [0.2, 0.25) is 4.34 Å². The number of nitrogens with zero attached hydrogens (tertiary/aromatic N) is 1. The van der Waals surface area contributed by atoms with E-state index in [4.69, 9.17) is 17.3 Å². The van der Waals surface area contributed by atoms with E-state index >= 15 is 0 Å². The van der Waals surface area contributed by atoms with Gasteiger partial charge in [0.1, 0.15) is 0 Å². The first kappa shape index (κ1) is 12.9. The molecule has 0 aromatic carbocycles. The standard InChI is InChI=1S/C12H17ClN2OS/c1-2-15(8-9-4-5-10(13)17-9)11(16)12(14)6-3-7-12/h4-5H,2-3,6-8,14H2,1H3. The fourth-order valence-electron chi connectivity index (χ4n) is 2.04. The van der Waals surface area contributed by atoms with Crippen molar-refractivity contribution in [2.75, 3.05) is 6.54 Å². The smallest absolute Gasteiger partial charge is 0.242 e. The molecule has 1 aliphatic carbocycles. The number of hydrogen-bond donors (Lipinski definition) is 1. The number of carbonyl (C=O) groups is 1. The van der Waals surface area contributed by atoms with Crippen LogP contribution in [0.4, 0.5) is 0 Å². The Morgan fingerprint density at radius 1 is 1.59 bits per heavy atom. The van der Waals surface area contributed by atoms with Gasteiger partial charge in [0, 0.05) is 11.4 Å². The van der Waals surface area contributed by atoms with Crippen molar-refractivity contribution < 1.29 is 4.79 Å². The Bertz CT molecular complexity index is 414. The largest absolute Gasteiger partial charge is 0.336 e. The lowest BCUT2D eigenvalue weighted by atomic mass is 9.76. The van der Waals surface area contributed by atoms with E-state index in [-0.39, 0.29) is 5.91 Å². The predicted molar refractivity (Wildman–Crippen MR) is 71.2 cm³/mol. The maximum atomic E-state index is 12.3. The van der Waals surface area contributed by atoms with E-state index in [2.05, 4.69) is 0 Å². The second-order valence-electron chi connectivity index (χ2n) is 4.53. The average molecular weight is 273 g/mol. The number of carbonyl (C=O) groups excluding carboxylic acids is 1. The third-order valence-electron chi connectivity index (χ3n) is 3.32. The molecule has 1 amide bonds. The molecule has 1 aromatic heterocycles. The highest BCUT2D eigenvalue weighted by Gasteiger charge is 2.42. The van der Waals surface area contributed by atoms with E-state index in [1.807, 2.05) is 24.0 Å². The van der Waals surface area contributed by atoms with Crippen molar-refractivity contribution in [1.82, 2.24) is 4.90 Å². The lowest BCUT2D eigenvalue weighted by Crippen LogP contribution is -2.59. The van der Waals surface area contributed by atoms with Gasteiger partial charge >= 0.3 is 0 Å². The molecule has 0 saturated heterocycles. The van der Waals surface area contributed by atoms with Gasteiger partial charge < -0.3 is 10.6 Å². The van der Waals surface area contributed by atoms with Gasteiger partial charge in [-0.15, -0.1) is 11.3 Å². The van der Waals surface area contributed by atoms with Crippen LogP contribution >= 0.6 is 22.9 Å². The lowest BCUT2D eigenvalue weighted by molar-refractivity contribution is -0.140. The summed E-state index contributed by atoms with van der Waals surface area (Å²) in [5.41, 5.74) is 5.47. The van der Waals surface area contributed by atoms with Gasteiger partial charge in [-0.3, -0.25) is 4.79 Å². The van der Waals surface area contributed by atoms with Crippen LogP contribution in [0, 0.1) is 0 Å². The minimum absolute atomic E-state index is 0.0794. The van der Waals surface area contributed by atoms with Crippen molar-refractivity contribution in [3.8, 4) is 0 Å². The maximum absolute atomic E-state index is 12.3. The molecule has 0 unspecified atom stereocenters. The SMILES string of the molecule is CCN(Cc1ccc(Cl)s1)C(=O)C1(N)CCC1. The summed E-state index contributed by atoms with van der Waals surface area (Å²) in [7, 11) is 0. The molecule has 0 aliphatic heterocycles. The van der Waals surface area contributed by atoms with E-state index in [0.29, 0.717) is 13.1 Å². The molecule has 5 heteroatoms. The summed E-state index contributed by atoms with van der Waals surface area (Å²) in [4.78, 5) is 15.2. The van der Waals surface area contributed by atoms with Crippen molar-refractivity contribution in [1.29, 1.82) is 0 Å². The zero-order chi connectivity index (χ0) is 12.5. The van der Waals surface area contributed by atoms with Crippen LogP contribution in [-0.2, 0) is 11.3 Å². The molecule has 17 heavy (non-hydrogen) atoms. The van der Waals surface area contributed by atoms with Crippen LogP contribution < -0.4 is 5.73 Å². The summed E-state index contributed by atoms with van der Waals surface area (Å²) in [6, 6.07) is 3.83. The fraction of sp³-hybridized carbons (Fsp3) is 0.583. The summed E-state index contributed by atoms with van der Waals surface area (Å²) in [5, 5.41) is 0. The summed E-state index contributed by atoms with van der Waals surface area (Å²) in [6.45, 7) is 3.29. The van der Waals surface area contributed by atoms with Gasteiger partial charge in [-0.05, 0) is 38.3 Å². The monoisotopic (exact) mass is 272 g/mol. The zero-order valence-electron chi connectivity index (χ0n) is 9.91. The molecular formula is C12H17ClN2OS. The Kier molecular flexibility index (Phi) is 3.76. The number of likely N-dealkylation sites (N-methyl/N-ethyl adjacent to an activating group) is 1. The Labute approximate surface area is 111 Å². The Morgan fingerprint density at radius 3 is 2.71 bits per heavy atom. The number of hydrogen-bond acceptors (Lipinski definition) is 3. The number of halogens is 1. The molecule has 94 valence electrons. The van der Waals surface area contributed by atoms with Crippen molar-refractivity contribution in [3.63, 3.8) is 0 Å². The highest BCUT2D eigenvalue weighted by atomic mass is 35.5. The second kappa shape index (κ2) is 4.96. The van der Waals surface area contributed by atoms with Gasteiger partial charge in [-0.1, -0.05) is 11.6 Å². The quantitative estimate of drug-likeness (QED) is 0.916. The molecule has 3 nitrogen and oxygen atoms in total. The number of amides is 1. The average Bonchev–Trinajstić information content (AvgIpc) is 2.67. The topological polar surface area (TPSA) is 46.3 Å². The van der Waals surface area contributed by atoms with Gasteiger partial charge in [0.25, 0.3) is 0 Å². The minimum Gasteiger partial charge on any atom is -0.336 e. The first-order valence-corrected chi connectivity index (χ1v) is 7.07. The van der Waals surface area contributed by atoms with E-state index in [0.717, 1.165) is 28.5 Å². The molecule has 0 radical (unpaired) electrons. The van der Waals surface area contributed by atoms with Crippen LogP contribution in [0.5, 0.6) is 0 Å². The summed E-state index contributed by atoms with van der Waals surface area (Å²) in [5.74, 6) is 0.0794. The highest BCUT2D eigenvalue weighted by molar-refractivity contribution is 7.16. The molecule has 0 spiro atoms. The van der Waals surface area contributed by atoms with Crippen molar-refractivity contribution >= 4 is 28.8 Å². The van der Waals surface area contributed by atoms with E-state index in [1.54, 1.807) is 0 Å². The fourth-order valence-corrected chi connectivity index (χ4v) is 3.14. The van der Waals surface area contributed by atoms with Gasteiger partial charge in [0.15, 0.2) is 0 Å². The van der Waals surface area contributed by atoms with Crippen LogP contribution in [-0.4, -0.2) is 22.9 Å². The van der Waals surface area contributed by atoms with E-state index in [9.17, 15) is 4.79 Å². The Morgan fingerprint density at radius 2 is 2.29 bits per heavy atom. The Balaban J connectivity index is 2.03. The molecule has 1 saturated carbocycles. The first-order chi connectivity index (χ1) is 8.05. The van der Waals surface area contributed by atoms with Crippen molar-refractivity contribution in [2.24, 2.45) is 5.73 Å². The summed E-state index contributed by atoms with van der Waals surface area (Å²) >= 11 is 7.40. The van der Waals surface area contributed by atoms with Gasteiger partial charge in [0.05, 0.1) is 16.4 Å². The van der Waals surface area contributed by atoms with E-state index in [1.165, 1.54) is 11.3 Å². The number of nitrogens with two attached hydrogens (primary N) is 1. The highest BCUT2D eigenvalue weighted by Crippen LogP contribution is 2.32. The van der Waals surface area contributed by atoms with Gasteiger partial charge in [0.2, 0.25) is 5.91 Å². The number of thiophene rings is 1. The minimum atomic E-state index is -0.600. The molecular weight excluding hydrogens is 256 g/mol. The molecule has 1 heterocycles. The van der Waals surface area contributed by atoms with Gasteiger partial charge in [-0.2, -0.15) is 0 Å². The lowest BCUT2D eigenvalue weighted by Gasteiger charge is -2.40. The molecule has 0 bridgehead atoms. The molecule has 0 atom stereocenters.